The van der Waals surface area contributed by atoms with Crippen LogP contribution in [0, 0.1) is 28.6 Å². The van der Waals surface area contributed by atoms with E-state index < -0.39 is 34.7 Å². The van der Waals surface area contributed by atoms with Crippen molar-refractivity contribution in [2.75, 3.05) is 6.61 Å². The van der Waals surface area contributed by atoms with E-state index >= 15 is 4.39 Å². The van der Waals surface area contributed by atoms with Gasteiger partial charge in [-0.1, -0.05) is 19.4 Å². The van der Waals surface area contributed by atoms with Gasteiger partial charge in [0.05, 0.1) is 29.9 Å². The number of pyridine rings is 1. The molecule has 3 heterocycles. The highest BCUT2D eigenvalue weighted by atomic mass is 19.1. The summed E-state index contributed by atoms with van der Waals surface area (Å²) < 4.78 is 44.4. The lowest BCUT2D eigenvalue weighted by molar-refractivity contribution is -0.216. The third-order valence-electron chi connectivity index (χ3n) is 10.9. The number of halogens is 2. The molecule has 1 N–H and O–H groups in total. The van der Waals surface area contributed by atoms with Crippen molar-refractivity contribution >= 4 is 12.0 Å². The van der Waals surface area contributed by atoms with Crippen molar-refractivity contribution in [3.05, 3.63) is 47.3 Å². The number of aliphatic hydroxyl groups is 1. The van der Waals surface area contributed by atoms with Crippen LogP contribution in [0.5, 0.6) is 0 Å². The molecule has 0 radical (unpaired) electrons. The molecule has 9 heteroatoms. The summed E-state index contributed by atoms with van der Waals surface area (Å²) in [4.78, 5) is 16.6. The van der Waals surface area contributed by atoms with Crippen LogP contribution in [0.1, 0.15) is 70.1 Å². The first-order valence-electron chi connectivity index (χ1n) is 14.2. The predicted octanol–water partition coefficient (Wildman–Crippen LogP) is 4.74. The molecular weight excluding hydrogens is 504 g/mol. The molecular formula is C30H35F2N3O4. The summed E-state index contributed by atoms with van der Waals surface area (Å²) in [7, 11) is 0. The predicted molar refractivity (Wildman–Crippen MR) is 138 cm³/mol. The Bertz CT molecular complexity index is 1340. The van der Waals surface area contributed by atoms with Gasteiger partial charge in [0.2, 0.25) is 5.95 Å². The van der Waals surface area contributed by atoms with E-state index in [0.29, 0.717) is 38.0 Å². The fourth-order valence-corrected chi connectivity index (χ4v) is 8.88. The summed E-state index contributed by atoms with van der Waals surface area (Å²) in [6.07, 6.45) is 8.19. The van der Waals surface area contributed by atoms with Gasteiger partial charge >= 0.3 is 5.97 Å². The van der Waals surface area contributed by atoms with Gasteiger partial charge in [0, 0.05) is 23.4 Å². The molecule has 0 amide bonds. The number of ether oxygens (including phenoxy) is 2. The number of aliphatic hydroxyl groups excluding tert-OH is 1. The van der Waals surface area contributed by atoms with Gasteiger partial charge in [-0.2, -0.15) is 9.49 Å². The molecule has 7 unspecified atom stereocenters. The molecule has 4 aliphatic carbocycles. The largest absolute Gasteiger partial charge is 0.460 e. The molecule has 7 rings (SSSR count). The quantitative estimate of drug-likeness (QED) is 0.448. The zero-order chi connectivity index (χ0) is 27.2. The van der Waals surface area contributed by atoms with Crippen LogP contribution >= 0.6 is 0 Å². The summed E-state index contributed by atoms with van der Waals surface area (Å²) in [5.74, 6) is -1.20. The summed E-state index contributed by atoms with van der Waals surface area (Å²) in [6.45, 7) is 4.61. The maximum Gasteiger partial charge on any atom is 0.335 e. The van der Waals surface area contributed by atoms with Crippen molar-refractivity contribution < 1.29 is 28.2 Å². The van der Waals surface area contributed by atoms with Crippen LogP contribution in [0.2, 0.25) is 0 Å². The molecule has 4 fully saturated rings. The van der Waals surface area contributed by atoms with Crippen molar-refractivity contribution in [3.8, 4) is 5.69 Å². The van der Waals surface area contributed by atoms with Gasteiger partial charge in [-0.15, -0.1) is 0 Å². The zero-order valence-electron chi connectivity index (χ0n) is 22.4. The first-order valence-corrected chi connectivity index (χ1v) is 14.2. The van der Waals surface area contributed by atoms with E-state index in [1.54, 1.807) is 16.9 Å². The smallest absolute Gasteiger partial charge is 0.335 e. The van der Waals surface area contributed by atoms with Crippen molar-refractivity contribution in [2.45, 2.75) is 89.2 Å². The van der Waals surface area contributed by atoms with Crippen LogP contribution < -0.4 is 0 Å². The number of rotatable bonds is 3. The maximum atomic E-state index is 17.7. The highest BCUT2D eigenvalue weighted by Crippen LogP contribution is 2.68. The monoisotopic (exact) mass is 539 g/mol. The molecule has 8 atom stereocenters. The molecule has 1 saturated heterocycles. The lowest BCUT2D eigenvalue weighted by Crippen LogP contribution is -2.68. The minimum absolute atomic E-state index is 0.0148. The second kappa shape index (κ2) is 8.67. The first-order chi connectivity index (χ1) is 18.6. The number of alkyl halides is 1. The molecule has 3 saturated carbocycles. The lowest BCUT2D eigenvalue weighted by atomic mass is 9.45. The summed E-state index contributed by atoms with van der Waals surface area (Å²) in [6, 6.07) is 2.93. The average molecular weight is 540 g/mol. The minimum Gasteiger partial charge on any atom is -0.460 e. The Morgan fingerprint density at radius 1 is 1.18 bits per heavy atom. The van der Waals surface area contributed by atoms with E-state index in [-0.39, 0.29) is 30.3 Å². The number of nitrogens with zero attached hydrogens (tertiary/aromatic N) is 3. The van der Waals surface area contributed by atoms with E-state index in [1.165, 1.54) is 12.3 Å². The summed E-state index contributed by atoms with van der Waals surface area (Å²) in [5, 5.41) is 16.2. The van der Waals surface area contributed by atoms with Gasteiger partial charge in [0.15, 0.2) is 6.10 Å². The minimum atomic E-state index is -1.81. The Kier molecular flexibility index (Phi) is 5.63. The van der Waals surface area contributed by atoms with Gasteiger partial charge < -0.3 is 14.6 Å². The number of carbonyl (C=O) groups excluding carboxylic acids is 1. The lowest BCUT2D eigenvalue weighted by Gasteiger charge is -2.62. The Morgan fingerprint density at radius 3 is 2.77 bits per heavy atom. The third kappa shape index (κ3) is 3.48. The normalized spacial score (nSPS) is 40.7. The Hall–Kier alpha value is -2.65. The highest BCUT2D eigenvalue weighted by Gasteiger charge is 2.71. The van der Waals surface area contributed by atoms with Crippen LogP contribution in [0.4, 0.5) is 8.78 Å². The molecule has 0 aromatic carbocycles. The second-order valence-corrected chi connectivity index (χ2v) is 12.7. The number of aromatic nitrogens is 3. The SMILES string of the molecule is CC12CC(O)C3(F)C(CCC4=Cc5c(cnn5-c5ccc(F)nc5)CC43C)C1CCC2OC(=O)[C@@H]1CCCO1. The number of allylic oxidation sites excluding steroid dienone is 1. The molecule has 39 heavy (non-hydrogen) atoms. The topological polar surface area (TPSA) is 86.5 Å². The van der Waals surface area contributed by atoms with E-state index in [9.17, 15) is 14.3 Å². The van der Waals surface area contributed by atoms with Gasteiger partial charge in [0.25, 0.3) is 0 Å². The van der Waals surface area contributed by atoms with Gasteiger partial charge in [0.1, 0.15) is 11.8 Å². The van der Waals surface area contributed by atoms with E-state index in [4.69, 9.17) is 9.47 Å². The van der Waals surface area contributed by atoms with Crippen molar-refractivity contribution in [1.82, 2.24) is 14.8 Å². The standard InChI is InChI=1S/C30H35F2N3O4/c1-28-14-24(36)30(32)21(20(28)8-9-25(28)39-27(37)23-4-3-11-38-23)7-5-18-12-22-17(13-29(18,30)2)15-34-35(22)19-6-10-26(31)33-16-19/h6,10,12,15-16,20-21,23-25,36H,3-5,7-9,11,13-14H2,1-2H3/t20?,21?,23-,24?,25?,28?,29?,30?/m0/s1. The molecule has 2 aromatic rings. The fourth-order valence-electron chi connectivity index (χ4n) is 8.88. The molecule has 0 spiro atoms. The van der Waals surface area contributed by atoms with Crippen LogP contribution in [-0.4, -0.2) is 56.4 Å². The van der Waals surface area contributed by atoms with Crippen molar-refractivity contribution in [3.63, 3.8) is 0 Å². The Morgan fingerprint density at radius 2 is 2.03 bits per heavy atom. The zero-order valence-corrected chi connectivity index (χ0v) is 22.4. The van der Waals surface area contributed by atoms with Crippen LogP contribution in [0.25, 0.3) is 11.8 Å². The molecule has 0 bridgehead atoms. The number of carbonyl (C=O) groups is 1. The van der Waals surface area contributed by atoms with E-state index in [0.717, 1.165) is 36.1 Å². The van der Waals surface area contributed by atoms with Crippen LogP contribution in [0.3, 0.4) is 0 Å². The Balaban J connectivity index is 1.19. The summed E-state index contributed by atoms with van der Waals surface area (Å²) >= 11 is 0. The average Bonchev–Trinajstić information content (AvgIpc) is 3.64. The maximum absolute atomic E-state index is 17.7. The number of esters is 1. The van der Waals surface area contributed by atoms with Crippen LogP contribution in [-0.2, 0) is 20.7 Å². The molecule has 1 aliphatic heterocycles. The van der Waals surface area contributed by atoms with Crippen molar-refractivity contribution in [2.24, 2.45) is 22.7 Å². The van der Waals surface area contributed by atoms with Gasteiger partial charge in [-0.25, -0.2) is 18.9 Å². The molecule has 2 aromatic heterocycles. The van der Waals surface area contributed by atoms with E-state index in [2.05, 4.69) is 17.0 Å². The van der Waals surface area contributed by atoms with E-state index in [1.807, 2.05) is 13.0 Å². The van der Waals surface area contributed by atoms with Gasteiger partial charge in [-0.3, -0.25) is 0 Å². The second-order valence-electron chi connectivity index (χ2n) is 12.7. The van der Waals surface area contributed by atoms with Gasteiger partial charge in [-0.05, 0) is 81.1 Å². The Labute approximate surface area is 226 Å². The summed E-state index contributed by atoms with van der Waals surface area (Å²) in [5.41, 5.74) is 0.203. The highest BCUT2D eigenvalue weighted by molar-refractivity contribution is 5.75. The number of hydrogen-bond acceptors (Lipinski definition) is 6. The van der Waals surface area contributed by atoms with Crippen LogP contribution in [0.15, 0.2) is 30.1 Å². The number of hydrogen-bond donors (Lipinski definition) is 1. The van der Waals surface area contributed by atoms with Crippen molar-refractivity contribution in [1.29, 1.82) is 0 Å². The number of fused-ring (bicyclic) bond motifs is 6. The fraction of sp³-hybridized carbons (Fsp3) is 0.633. The molecule has 208 valence electrons. The molecule has 7 nitrogen and oxygen atoms in total. The molecule has 5 aliphatic rings. The first kappa shape index (κ1) is 25.3. The third-order valence-corrected chi connectivity index (χ3v) is 10.9.